The van der Waals surface area contributed by atoms with Gasteiger partial charge in [0.2, 0.25) is 5.95 Å². The Kier molecular flexibility index (Phi) is 2.08. The summed E-state index contributed by atoms with van der Waals surface area (Å²) in [5.74, 6) is 1.80. The molecule has 12 heavy (non-hydrogen) atoms. The average Bonchev–Trinajstić information content (AvgIpc) is 2.29. The van der Waals surface area contributed by atoms with Gasteiger partial charge in [0.05, 0.1) is 0 Å². The van der Waals surface area contributed by atoms with Crippen LogP contribution in [-0.4, -0.2) is 21.8 Å². The van der Waals surface area contributed by atoms with Crippen LogP contribution >= 0.6 is 0 Å². The molecule has 0 unspecified atom stereocenters. The summed E-state index contributed by atoms with van der Waals surface area (Å²) in [4.78, 5) is 0. The van der Waals surface area contributed by atoms with Crippen LogP contribution < -0.4 is 5.32 Å². The van der Waals surface area contributed by atoms with Crippen LogP contribution in [0.4, 0.5) is 5.95 Å². The summed E-state index contributed by atoms with van der Waals surface area (Å²) in [6.07, 6.45) is 0. The molecule has 0 aliphatic rings. The first-order chi connectivity index (χ1) is 5.46. The van der Waals surface area contributed by atoms with Crippen molar-refractivity contribution in [2.24, 2.45) is 7.05 Å². The standard InChI is InChI=1S/C8H16N4/c1-8(2,3)6-10-11-7(9-4)12(6)5/h1-5H3,(H,9,11). The quantitative estimate of drug-likeness (QED) is 0.684. The molecule has 0 aromatic carbocycles. The molecule has 0 radical (unpaired) electrons. The molecule has 4 nitrogen and oxygen atoms in total. The van der Waals surface area contributed by atoms with E-state index in [2.05, 4.69) is 36.3 Å². The summed E-state index contributed by atoms with van der Waals surface area (Å²) in [5, 5.41) is 11.1. The molecule has 68 valence electrons. The number of hydrogen-bond acceptors (Lipinski definition) is 3. The maximum atomic E-state index is 4.11. The second kappa shape index (κ2) is 2.77. The smallest absolute Gasteiger partial charge is 0.224 e. The Morgan fingerprint density at radius 1 is 1.25 bits per heavy atom. The summed E-state index contributed by atoms with van der Waals surface area (Å²) in [5.41, 5.74) is 0.0524. The van der Waals surface area contributed by atoms with Crippen molar-refractivity contribution in [1.82, 2.24) is 14.8 Å². The van der Waals surface area contributed by atoms with E-state index in [4.69, 9.17) is 0 Å². The van der Waals surface area contributed by atoms with E-state index in [0.29, 0.717) is 0 Å². The molecule has 0 amide bonds. The second-order valence-electron chi connectivity index (χ2n) is 3.91. The van der Waals surface area contributed by atoms with Crippen LogP contribution in [0.5, 0.6) is 0 Å². The second-order valence-corrected chi connectivity index (χ2v) is 3.91. The highest BCUT2D eigenvalue weighted by atomic mass is 15.3. The molecular formula is C8H16N4. The van der Waals surface area contributed by atoms with Gasteiger partial charge < -0.3 is 9.88 Å². The van der Waals surface area contributed by atoms with Gasteiger partial charge in [-0.3, -0.25) is 0 Å². The van der Waals surface area contributed by atoms with Gasteiger partial charge in [0.15, 0.2) is 0 Å². The Hall–Kier alpha value is -1.06. The lowest BCUT2D eigenvalue weighted by Gasteiger charge is -2.16. The van der Waals surface area contributed by atoms with Crippen LogP contribution in [0.3, 0.4) is 0 Å². The molecule has 1 heterocycles. The minimum atomic E-state index is 0.0524. The number of hydrogen-bond donors (Lipinski definition) is 1. The van der Waals surface area contributed by atoms with Crippen molar-refractivity contribution in [3.63, 3.8) is 0 Å². The molecule has 0 fully saturated rings. The van der Waals surface area contributed by atoms with Gasteiger partial charge in [-0.2, -0.15) is 0 Å². The van der Waals surface area contributed by atoms with Crippen molar-refractivity contribution >= 4 is 5.95 Å². The lowest BCUT2D eigenvalue weighted by atomic mass is 9.96. The van der Waals surface area contributed by atoms with Gasteiger partial charge in [-0.15, -0.1) is 10.2 Å². The first kappa shape index (κ1) is 9.03. The Morgan fingerprint density at radius 2 is 1.83 bits per heavy atom. The van der Waals surface area contributed by atoms with E-state index in [9.17, 15) is 0 Å². The Morgan fingerprint density at radius 3 is 2.08 bits per heavy atom. The summed E-state index contributed by atoms with van der Waals surface area (Å²) >= 11 is 0. The predicted octanol–water partition coefficient (Wildman–Crippen LogP) is 1.15. The monoisotopic (exact) mass is 168 g/mol. The van der Waals surface area contributed by atoms with Crippen molar-refractivity contribution < 1.29 is 0 Å². The van der Waals surface area contributed by atoms with Crippen LogP contribution in [0, 0.1) is 0 Å². The Bertz CT molecular complexity index is 269. The third-order valence-corrected chi connectivity index (χ3v) is 1.77. The first-order valence-electron chi connectivity index (χ1n) is 4.04. The Balaban J connectivity index is 3.11. The molecular weight excluding hydrogens is 152 g/mol. The number of anilines is 1. The van der Waals surface area contributed by atoms with E-state index in [0.717, 1.165) is 11.8 Å². The van der Waals surface area contributed by atoms with Gasteiger partial charge in [0.25, 0.3) is 0 Å². The fraction of sp³-hybridized carbons (Fsp3) is 0.750. The highest BCUT2D eigenvalue weighted by Crippen LogP contribution is 2.20. The number of nitrogens with zero attached hydrogens (tertiary/aromatic N) is 3. The highest BCUT2D eigenvalue weighted by molar-refractivity contribution is 5.25. The normalized spacial score (nSPS) is 11.8. The topological polar surface area (TPSA) is 42.7 Å². The third-order valence-electron chi connectivity index (χ3n) is 1.77. The summed E-state index contributed by atoms with van der Waals surface area (Å²) in [7, 11) is 3.81. The van der Waals surface area contributed by atoms with E-state index < -0.39 is 0 Å². The number of nitrogens with one attached hydrogen (secondary N) is 1. The van der Waals surface area contributed by atoms with Crippen LogP contribution in [0.15, 0.2) is 0 Å². The molecule has 1 aromatic rings. The summed E-state index contributed by atoms with van der Waals surface area (Å²) in [6, 6.07) is 0. The predicted molar refractivity (Wildman–Crippen MR) is 49.2 cm³/mol. The van der Waals surface area contributed by atoms with Crippen LogP contribution in [0.1, 0.15) is 26.6 Å². The number of rotatable bonds is 1. The molecule has 4 heteroatoms. The molecule has 0 atom stereocenters. The molecule has 1 N–H and O–H groups in total. The first-order valence-corrected chi connectivity index (χ1v) is 4.04. The summed E-state index contributed by atoms with van der Waals surface area (Å²) in [6.45, 7) is 6.36. The summed E-state index contributed by atoms with van der Waals surface area (Å²) < 4.78 is 1.97. The lowest BCUT2D eigenvalue weighted by Crippen LogP contribution is -2.17. The van der Waals surface area contributed by atoms with E-state index in [1.165, 1.54) is 0 Å². The van der Waals surface area contributed by atoms with Crippen LogP contribution in [0.2, 0.25) is 0 Å². The zero-order valence-electron chi connectivity index (χ0n) is 8.34. The fourth-order valence-corrected chi connectivity index (χ4v) is 1.20. The highest BCUT2D eigenvalue weighted by Gasteiger charge is 2.21. The largest absolute Gasteiger partial charge is 0.357 e. The van der Waals surface area contributed by atoms with E-state index in [-0.39, 0.29) is 5.41 Å². The molecule has 0 saturated carbocycles. The molecule has 0 spiro atoms. The molecule has 0 bridgehead atoms. The molecule has 0 aliphatic carbocycles. The van der Waals surface area contributed by atoms with E-state index >= 15 is 0 Å². The van der Waals surface area contributed by atoms with Crippen LogP contribution in [-0.2, 0) is 12.5 Å². The molecule has 0 aliphatic heterocycles. The maximum Gasteiger partial charge on any atom is 0.224 e. The average molecular weight is 168 g/mol. The lowest BCUT2D eigenvalue weighted by molar-refractivity contribution is 0.521. The van der Waals surface area contributed by atoms with Crippen molar-refractivity contribution in [2.75, 3.05) is 12.4 Å². The Labute approximate surface area is 73.0 Å². The number of aromatic nitrogens is 3. The van der Waals surface area contributed by atoms with E-state index in [1.807, 2.05) is 18.7 Å². The molecule has 1 aromatic heterocycles. The van der Waals surface area contributed by atoms with Gasteiger partial charge >= 0.3 is 0 Å². The minimum Gasteiger partial charge on any atom is -0.357 e. The van der Waals surface area contributed by atoms with Gasteiger partial charge in [0, 0.05) is 19.5 Å². The third kappa shape index (κ3) is 1.42. The van der Waals surface area contributed by atoms with Crippen molar-refractivity contribution in [3.05, 3.63) is 5.82 Å². The zero-order chi connectivity index (χ0) is 9.35. The minimum absolute atomic E-state index is 0.0524. The van der Waals surface area contributed by atoms with Gasteiger partial charge in [-0.25, -0.2) is 0 Å². The van der Waals surface area contributed by atoms with Gasteiger partial charge in [-0.05, 0) is 0 Å². The van der Waals surface area contributed by atoms with Gasteiger partial charge in [-0.1, -0.05) is 20.8 Å². The van der Waals surface area contributed by atoms with E-state index in [1.54, 1.807) is 0 Å². The van der Waals surface area contributed by atoms with Crippen molar-refractivity contribution in [3.8, 4) is 0 Å². The van der Waals surface area contributed by atoms with Crippen molar-refractivity contribution in [1.29, 1.82) is 0 Å². The molecule has 0 saturated heterocycles. The van der Waals surface area contributed by atoms with Crippen molar-refractivity contribution in [2.45, 2.75) is 26.2 Å². The molecule has 1 rings (SSSR count). The fourth-order valence-electron chi connectivity index (χ4n) is 1.20. The SMILES string of the molecule is CNc1nnc(C(C)(C)C)n1C. The van der Waals surface area contributed by atoms with Crippen LogP contribution in [0.25, 0.3) is 0 Å². The van der Waals surface area contributed by atoms with Gasteiger partial charge in [0.1, 0.15) is 5.82 Å². The zero-order valence-corrected chi connectivity index (χ0v) is 8.34. The maximum absolute atomic E-state index is 4.11.